The van der Waals surface area contributed by atoms with Crippen LogP contribution in [-0.2, 0) is 0 Å². The lowest BCUT2D eigenvalue weighted by Gasteiger charge is -2.19. The van der Waals surface area contributed by atoms with Gasteiger partial charge in [0.25, 0.3) is 0 Å². The Labute approximate surface area is 102 Å². The van der Waals surface area contributed by atoms with Gasteiger partial charge >= 0.3 is 6.18 Å². The lowest BCUT2D eigenvalue weighted by Crippen LogP contribution is -2.32. The zero-order valence-corrected chi connectivity index (χ0v) is 10.9. The van der Waals surface area contributed by atoms with Crippen molar-refractivity contribution in [3.8, 4) is 0 Å². The van der Waals surface area contributed by atoms with Gasteiger partial charge in [-0.05, 0) is 44.4 Å². The predicted octanol–water partition coefficient (Wildman–Crippen LogP) is 4.28. The minimum Gasteiger partial charge on any atom is -0.314 e. The zero-order chi connectivity index (χ0) is 12.9. The molecule has 0 aromatic heterocycles. The summed E-state index contributed by atoms with van der Waals surface area (Å²) in [6.45, 7) is 5.15. The minimum atomic E-state index is -4.00. The Bertz CT molecular complexity index is 221. The van der Waals surface area contributed by atoms with Crippen molar-refractivity contribution in [1.29, 1.82) is 0 Å². The number of hydrogen-bond donors (Lipinski definition) is 1. The van der Waals surface area contributed by atoms with E-state index in [2.05, 4.69) is 12.2 Å². The molecule has 4 heteroatoms. The Morgan fingerprint density at radius 3 is 2.41 bits per heavy atom. The molecule has 0 aromatic carbocycles. The second-order valence-electron chi connectivity index (χ2n) is 5.54. The van der Waals surface area contributed by atoms with Crippen molar-refractivity contribution >= 4 is 0 Å². The summed E-state index contributed by atoms with van der Waals surface area (Å²) < 4.78 is 35.9. The second kappa shape index (κ2) is 6.07. The summed E-state index contributed by atoms with van der Waals surface area (Å²) in [4.78, 5) is 0. The average Bonchev–Trinajstić information content (AvgIpc) is 2.94. The third kappa shape index (κ3) is 6.29. The molecule has 0 aliphatic heterocycles. The van der Waals surface area contributed by atoms with Gasteiger partial charge < -0.3 is 5.32 Å². The van der Waals surface area contributed by atoms with E-state index in [0.29, 0.717) is 11.8 Å². The van der Waals surface area contributed by atoms with Gasteiger partial charge in [0.15, 0.2) is 0 Å². The Balaban J connectivity index is 2.07. The Kier molecular flexibility index (Phi) is 5.29. The molecule has 0 radical (unpaired) electrons. The molecule has 0 amide bonds. The summed E-state index contributed by atoms with van der Waals surface area (Å²) in [5.41, 5.74) is 0.479. The number of hydrogen-bond acceptors (Lipinski definition) is 1. The average molecular weight is 251 g/mol. The van der Waals surface area contributed by atoms with Gasteiger partial charge in [0.1, 0.15) is 0 Å². The monoisotopic (exact) mass is 251 g/mol. The first-order chi connectivity index (χ1) is 7.87. The molecule has 17 heavy (non-hydrogen) atoms. The second-order valence-corrected chi connectivity index (χ2v) is 5.54. The maximum absolute atomic E-state index is 12.0. The minimum absolute atomic E-state index is 0.201. The number of rotatable bonds is 8. The third-order valence-corrected chi connectivity index (χ3v) is 3.66. The topological polar surface area (TPSA) is 12.0 Å². The van der Waals surface area contributed by atoms with Gasteiger partial charge in [-0.2, -0.15) is 13.2 Å². The summed E-state index contributed by atoms with van der Waals surface area (Å²) in [5.74, 6) is 0. The standard InChI is InChI=1S/C13H24F3N/c1-3-6-12(8-9-12)10-17-11(2)5-4-7-13(14,15)16/h11,17H,3-10H2,1-2H3. The molecule has 0 spiro atoms. The molecule has 0 saturated heterocycles. The van der Waals surface area contributed by atoms with Crippen molar-refractivity contribution in [2.45, 2.75) is 71.0 Å². The van der Waals surface area contributed by atoms with Crippen LogP contribution in [0, 0.1) is 5.41 Å². The molecule has 1 aliphatic rings. The van der Waals surface area contributed by atoms with E-state index in [0.717, 1.165) is 6.54 Å². The molecule has 102 valence electrons. The van der Waals surface area contributed by atoms with Crippen LogP contribution in [0.5, 0.6) is 0 Å². The van der Waals surface area contributed by atoms with E-state index >= 15 is 0 Å². The van der Waals surface area contributed by atoms with Crippen LogP contribution in [0.25, 0.3) is 0 Å². The third-order valence-electron chi connectivity index (χ3n) is 3.66. The first-order valence-electron chi connectivity index (χ1n) is 6.67. The van der Waals surface area contributed by atoms with Crippen LogP contribution in [-0.4, -0.2) is 18.8 Å². The van der Waals surface area contributed by atoms with Crippen LogP contribution in [0.15, 0.2) is 0 Å². The Morgan fingerprint density at radius 2 is 1.94 bits per heavy atom. The highest BCUT2D eigenvalue weighted by molar-refractivity contribution is 4.94. The fraction of sp³-hybridized carbons (Fsp3) is 1.00. The molecule has 1 N–H and O–H groups in total. The molecule has 1 unspecified atom stereocenters. The highest BCUT2D eigenvalue weighted by atomic mass is 19.4. The molecular weight excluding hydrogens is 227 g/mol. The maximum Gasteiger partial charge on any atom is 0.389 e. The van der Waals surface area contributed by atoms with Gasteiger partial charge in [-0.3, -0.25) is 0 Å². The number of nitrogens with one attached hydrogen (secondary N) is 1. The fourth-order valence-electron chi connectivity index (χ4n) is 2.32. The van der Waals surface area contributed by atoms with Crippen molar-refractivity contribution < 1.29 is 13.2 Å². The van der Waals surface area contributed by atoms with Gasteiger partial charge in [0.05, 0.1) is 0 Å². The van der Waals surface area contributed by atoms with Crippen molar-refractivity contribution in [2.24, 2.45) is 5.41 Å². The molecule has 1 atom stereocenters. The van der Waals surface area contributed by atoms with Gasteiger partial charge in [-0.25, -0.2) is 0 Å². The fourth-order valence-corrected chi connectivity index (χ4v) is 2.32. The van der Waals surface area contributed by atoms with Crippen molar-refractivity contribution in [3.05, 3.63) is 0 Å². The quantitative estimate of drug-likeness (QED) is 0.679. The van der Waals surface area contributed by atoms with E-state index in [4.69, 9.17) is 0 Å². The summed E-state index contributed by atoms with van der Waals surface area (Å²) in [5, 5.41) is 3.39. The van der Waals surface area contributed by atoms with E-state index < -0.39 is 12.6 Å². The largest absolute Gasteiger partial charge is 0.389 e. The summed E-state index contributed by atoms with van der Waals surface area (Å²) in [6, 6.07) is 0.201. The van der Waals surface area contributed by atoms with E-state index in [1.165, 1.54) is 25.7 Å². The normalized spacial score (nSPS) is 20.3. The van der Waals surface area contributed by atoms with Crippen LogP contribution in [0.3, 0.4) is 0 Å². The molecule has 1 rings (SSSR count). The predicted molar refractivity (Wildman–Crippen MR) is 63.9 cm³/mol. The van der Waals surface area contributed by atoms with Gasteiger partial charge in [-0.15, -0.1) is 0 Å². The Hall–Kier alpha value is -0.250. The van der Waals surface area contributed by atoms with Crippen LogP contribution in [0.2, 0.25) is 0 Å². The van der Waals surface area contributed by atoms with Gasteiger partial charge in [0.2, 0.25) is 0 Å². The van der Waals surface area contributed by atoms with Crippen molar-refractivity contribution in [3.63, 3.8) is 0 Å². The molecule has 1 saturated carbocycles. The molecule has 0 heterocycles. The smallest absolute Gasteiger partial charge is 0.314 e. The summed E-state index contributed by atoms with van der Waals surface area (Å²) in [7, 11) is 0. The van der Waals surface area contributed by atoms with Gasteiger partial charge in [-0.1, -0.05) is 13.3 Å². The van der Waals surface area contributed by atoms with E-state index in [-0.39, 0.29) is 12.5 Å². The van der Waals surface area contributed by atoms with Crippen LogP contribution in [0.1, 0.15) is 58.8 Å². The molecule has 1 fully saturated rings. The molecule has 1 aliphatic carbocycles. The summed E-state index contributed by atoms with van der Waals surface area (Å²) in [6.07, 6.45) is 1.20. The van der Waals surface area contributed by atoms with Crippen LogP contribution < -0.4 is 5.32 Å². The molecular formula is C13H24F3N. The SMILES string of the molecule is CCCC1(CNC(C)CCCC(F)(F)F)CC1. The highest BCUT2D eigenvalue weighted by Gasteiger charge is 2.41. The first kappa shape index (κ1) is 14.8. The number of halogens is 3. The van der Waals surface area contributed by atoms with Gasteiger partial charge in [0, 0.05) is 19.0 Å². The zero-order valence-electron chi connectivity index (χ0n) is 10.9. The maximum atomic E-state index is 12.0. The van der Waals surface area contributed by atoms with Crippen molar-refractivity contribution in [2.75, 3.05) is 6.54 Å². The number of alkyl halides is 3. The molecule has 0 bridgehead atoms. The van der Waals surface area contributed by atoms with Crippen LogP contribution in [0.4, 0.5) is 13.2 Å². The lowest BCUT2D eigenvalue weighted by atomic mass is 10.00. The van der Waals surface area contributed by atoms with E-state index in [1.54, 1.807) is 0 Å². The van der Waals surface area contributed by atoms with Crippen molar-refractivity contribution in [1.82, 2.24) is 5.32 Å². The van der Waals surface area contributed by atoms with Crippen LogP contribution >= 0.6 is 0 Å². The summed E-state index contributed by atoms with van der Waals surface area (Å²) >= 11 is 0. The highest BCUT2D eigenvalue weighted by Crippen LogP contribution is 2.49. The van der Waals surface area contributed by atoms with E-state index in [1.807, 2.05) is 6.92 Å². The Morgan fingerprint density at radius 1 is 1.29 bits per heavy atom. The van der Waals surface area contributed by atoms with E-state index in [9.17, 15) is 13.2 Å². The first-order valence-corrected chi connectivity index (χ1v) is 6.67. The lowest BCUT2D eigenvalue weighted by molar-refractivity contribution is -0.135. The molecule has 0 aromatic rings. The molecule has 1 nitrogen and oxygen atoms in total.